The number of ether oxygens (including phenoxy) is 2. The molecule has 86 valence electrons. The van der Waals surface area contributed by atoms with Crippen molar-refractivity contribution in [3.8, 4) is 0 Å². The van der Waals surface area contributed by atoms with Crippen LogP contribution in [0.25, 0.3) is 0 Å². The van der Waals surface area contributed by atoms with E-state index >= 15 is 0 Å². The van der Waals surface area contributed by atoms with E-state index in [0.29, 0.717) is 6.42 Å². The first-order valence-corrected chi connectivity index (χ1v) is 5.57. The van der Waals surface area contributed by atoms with Gasteiger partial charge in [0.1, 0.15) is 5.60 Å². The average molecular weight is 220 g/mol. The van der Waals surface area contributed by atoms with E-state index in [2.05, 4.69) is 0 Å². The second kappa shape index (κ2) is 2.67. The van der Waals surface area contributed by atoms with E-state index in [0.717, 1.165) is 11.1 Å². The topological polar surface area (TPSA) is 38.7 Å². The molecule has 0 amide bonds. The lowest BCUT2D eigenvalue weighted by molar-refractivity contribution is -0.258. The summed E-state index contributed by atoms with van der Waals surface area (Å²) < 4.78 is 11.6. The first kappa shape index (κ1) is 10.3. The molecule has 0 aromatic heterocycles. The van der Waals surface area contributed by atoms with E-state index in [9.17, 15) is 5.11 Å². The van der Waals surface area contributed by atoms with Gasteiger partial charge in [0.25, 0.3) is 0 Å². The molecule has 0 spiro atoms. The smallest absolute Gasteiger partial charge is 0.224 e. The Morgan fingerprint density at radius 2 is 1.81 bits per heavy atom. The fourth-order valence-corrected chi connectivity index (χ4v) is 2.87. The molecular formula is C13H16O3. The predicted molar refractivity (Wildman–Crippen MR) is 58.7 cm³/mol. The minimum Gasteiger partial charge on any atom is -0.359 e. The first-order valence-electron chi connectivity index (χ1n) is 5.57. The van der Waals surface area contributed by atoms with Crippen molar-refractivity contribution in [2.45, 2.75) is 44.4 Å². The zero-order valence-corrected chi connectivity index (χ0v) is 9.78. The highest BCUT2D eigenvalue weighted by Crippen LogP contribution is 2.54. The molecule has 3 rings (SSSR count). The molecular weight excluding hydrogens is 204 g/mol. The summed E-state index contributed by atoms with van der Waals surface area (Å²) in [5.41, 5.74) is 1.20. The molecule has 1 aromatic carbocycles. The molecule has 2 unspecified atom stereocenters. The molecule has 1 aromatic rings. The molecule has 0 radical (unpaired) electrons. The summed E-state index contributed by atoms with van der Waals surface area (Å²) in [7, 11) is 0. The third kappa shape index (κ3) is 1.08. The Balaban J connectivity index is 2.26. The third-order valence-electron chi connectivity index (χ3n) is 3.54. The summed E-state index contributed by atoms with van der Waals surface area (Å²) >= 11 is 0. The van der Waals surface area contributed by atoms with Crippen LogP contribution >= 0.6 is 0 Å². The molecule has 2 heterocycles. The second-order valence-corrected chi connectivity index (χ2v) is 5.33. The van der Waals surface area contributed by atoms with Crippen molar-refractivity contribution >= 4 is 0 Å². The van der Waals surface area contributed by atoms with Gasteiger partial charge in [-0.05, 0) is 26.3 Å². The van der Waals surface area contributed by atoms with E-state index in [4.69, 9.17) is 9.47 Å². The first-order chi connectivity index (χ1) is 7.36. The van der Waals surface area contributed by atoms with E-state index in [-0.39, 0.29) is 0 Å². The summed E-state index contributed by atoms with van der Waals surface area (Å²) in [6, 6.07) is 7.82. The highest BCUT2D eigenvalue weighted by Gasteiger charge is 2.63. The van der Waals surface area contributed by atoms with Gasteiger partial charge >= 0.3 is 0 Å². The van der Waals surface area contributed by atoms with Crippen molar-refractivity contribution in [3.63, 3.8) is 0 Å². The van der Waals surface area contributed by atoms with Crippen molar-refractivity contribution in [2.24, 2.45) is 0 Å². The molecule has 2 aliphatic heterocycles. The molecule has 0 saturated carbocycles. The van der Waals surface area contributed by atoms with Crippen LogP contribution in [0.15, 0.2) is 24.3 Å². The normalized spacial score (nSPS) is 39.5. The Bertz CT molecular complexity index is 454. The van der Waals surface area contributed by atoms with Gasteiger partial charge in [-0.2, -0.15) is 0 Å². The lowest BCUT2D eigenvalue weighted by atomic mass is 9.85. The molecule has 16 heavy (non-hydrogen) atoms. The number of rotatable bonds is 0. The molecule has 2 bridgehead atoms. The Kier molecular flexibility index (Phi) is 1.71. The zero-order valence-electron chi connectivity index (χ0n) is 9.78. The van der Waals surface area contributed by atoms with Gasteiger partial charge in [0.2, 0.25) is 5.79 Å². The van der Waals surface area contributed by atoms with E-state index in [1.807, 2.05) is 45.0 Å². The zero-order chi connectivity index (χ0) is 11.6. The fraction of sp³-hybridized carbons (Fsp3) is 0.538. The van der Waals surface area contributed by atoms with Crippen LogP contribution in [-0.4, -0.2) is 16.5 Å². The Labute approximate surface area is 95.0 Å². The van der Waals surface area contributed by atoms with Crippen molar-refractivity contribution in [3.05, 3.63) is 35.4 Å². The van der Waals surface area contributed by atoms with Crippen LogP contribution in [-0.2, 0) is 21.7 Å². The van der Waals surface area contributed by atoms with Gasteiger partial charge in [-0.15, -0.1) is 0 Å². The highest BCUT2D eigenvalue weighted by atomic mass is 16.8. The standard InChI is InChI=1S/C13H16O3/c1-11(2)13(14)10-7-5-4-6-9(10)8-12(3,15-11)16-13/h4-7,14H,8H2,1-3H3. The summed E-state index contributed by atoms with van der Waals surface area (Å²) in [5, 5.41) is 10.7. The molecule has 3 nitrogen and oxygen atoms in total. The van der Waals surface area contributed by atoms with Crippen LogP contribution in [0.1, 0.15) is 31.9 Å². The van der Waals surface area contributed by atoms with Crippen LogP contribution in [0.2, 0.25) is 0 Å². The second-order valence-electron chi connectivity index (χ2n) is 5.33. The molecule has 1 fully saturated rings. The number of benzene rings is 1. The Morgan fingerprint density at radius 1 is 1.12 bits per heavy atom. The Hall–Kier alpha value is -0.900. The van der Waals surface area contributed by atoms with Crippen LogP contribution in [0, 0.1) is 0 Å². The molecule has 1 N–H and O–H groups in total. The van der Waals surface area contributed by atoms with Gasteiger partial charge in [-0.3, -0.25) is 0 Å². The average Bonchev–Trinajstić information content (AvgIpc) is 2.29. The van der Waals surface area contributed by atoms with Crippen LogP contribution in [0.4, 0.5) is 0 Å². The van der Waals surface area contributed by atoms with E-state index < -0.39 is 17.2 Å². The van der Waals surface area contributed by atoms with Crippen molar-refractivity contribution in [2.75, 3.05) is 0 Å². The maximum atomic E-state index is 10.7. The third-order valence-corrected chi connectivity index (χ3v) is 3.54. The van der Waals surface area contributed by atoms with Crippen molar-refractivity contribution < 1.29 is 14.6 Å². The van der Waals surface area contributed by atoms with Crippen molar-refractivity contribution in [1.29, 1.82) is 0 Å². The van der Waals surface area contributed by atoms with E-state index in [1.54, 1.807) is 0 Å². The van der Waals surface area contributed by atoms with Gasteiger partial charge in [-0.25, -0.2) is 0 Å². The Morgan fingerprint density at radius 3 is 2.56 bits per heavy atom. The van der Waals surface area contributed by atoms with Gasteiger partial charge in [0, 0.05) is 12.0 Å². The molecule has 0 aliphatic carbocycles. The highest BCUT2D eigenvalue weighted by molar-refractivity contribution is 5.37. The fourth-order valence-electron chi connectivity index (χ4n) is 2.87. The lowest BCUT2D eigenvalue weighted by Gasteiger charge is -2.36. The van der Waals surface area contributed by atoms with Crippen LogP contribution < -0.4 is 0 Å². The minimum atomic E-state index is -1.34. The van der Waals surface area contributed by atoms with Gasteiger partial charge in [0.15, 0.2) is 5.79 Å². The number of hydrogen-bond donors (Lipinski definition) is 1. The summed E-state index contributed by atoms with van der Waals surface area (Å²) in [5.74, 6) is -2.05. The number of fused-ring (bicyclic) bond motifs is 4. The molecule has 1 saturated heterocycles. The quantitative estimate of drug-likeness (QED) is 0.726. The summed E-state index contributed by atoms with van der Waals surface area (Å²) in [6.45, 7) is 5.60. The number of hydrogen-bond acceptors (Lipinski definition) is 3. The van der Waals surface area contributed by atoms with E-state index in [1.165, 1.54) is 0 Å². The monoisotopic (exact) mass is 220 g/mol. The largest absolute Gasteiger partial charge is 0.359 e. The van der Waals surface area contributed by atoms with Crippen LogP contribution in [0.3, 0.4) is 0 Å². The van der Waals surface area contributed by atoms with Gasteiger partial charge < -0.3 is 14.6 Å². The maximum Gasteiger partial charge on any atom is 0.224 e. The van der Waals surface area contributed by atoms with Gasteiger partial charge in [0.05, 0.1) is 0 Å². The van der Waals surface area contributed by atoms with Gasteiger partial charge in [-0.1, -0.05) is 24.3 Å². The lowest BCUT2D eigenvalue weighted by Crippen LogP contribution is -2.46. The molecule has 2 atom stereocenters. The summed E-state index contributed by atoms with van der Waals surface area (Å²) in [6.07, 6.45) is 0.676. The molecule has 2 aliphatic rings. The number of aliphatic hydroxyl groups is 1. The minimum absolute atomic E-state index is 0.676. The molecule has 3 heteroatoms. The van der Waals surface area contributed by atoms with Crippen LogP contribution in [0.5, 0.6) is 0 Å². The maximum absolute atomic E-state index is 10.7. The SMILES string of the molecule is CC12Cc3ccccc3C(O)(O1)C(C)(C)O2. The summed E-state index contributed by atoms with van der Waals surface area (Å²) in [4.78, 5) is 0. The predicted octanol–water partition coefficient (Wildman–Crippen LogP) is 1.93. The van der Waals surface area contributed by atoms with Crippen molar-refractivity contribution in [1.82, 2.24) is 0 Å².